The van der Waals surface area contributed by atoms with Crippen LogP contribution in [0.25, 0.3) is 0 Å². The van der Waals surface area contributed by atoms with Crippen LogP contribution in [0.3, 0.4) is 0 Å². The zero-order valence-electron chi connectivity index (χ0n) is 3.60. The van der Waals surface area contributed by atoms with Gasteiger partial charge in [0.1, 0.15) is 0 Å². The first kappa shape index (κ1) is 16.4. The van der Waals surface area contributed by atoms with E-state index in [1.54, 1.807) is 0 Å². The van der Waals surface area contributed by atoms with Crippen LogP contribution in [0.5, 0.6) is 0 Å². The fraction of sp³-hybridized carbons (Fsp3) is 0. The Morgan fingerprint density at radius 2 is 1.17 bits per heavy atom. The molecule has 0 rings (SSSR count). The molecule has 43 valence electrons. The van der Waals surface area contributed by atoms with Gasteiger partial charge in [-0.05, 0) is 0 Å². The molecule has 0 unspecified atom stereocenters. The Hall–Kier alpha value is 0.159. The van der Waals surface area contributed by atoms with E-state index in [1.807, 2.05) is 0 Å². The summed E-state index contributed by atoms with van der Waals surface area (Å²) in [5.74, 6) is 0. The molecule has 0 aliphatic rings. The van der Waals surface area contributed by atoms with Crippen molar-refractivity contribution in [3.05, 3.63) is 0 Å². The molecule has 5 nitrogen and oxygen atoms in total. The van der Waals surface area contributed by atoms with Crippen molar-refractivity contribution in [3.8, 4) is 0 Å². The van der Waals surface area contributed by atoms with Crippen molar-refractivity contribution in [3.63, 3.8) is 0 Å². The third kappa shape index (κ3) is 1630. The molecule has 0 aromatic rings. The SMILES string of the molecule is [NH4+].[NH4+].[O]=[Mn]([O-])[O-]. The van der Waals surface area contributed by atoms with E-state index in [9.17, 15) is 0 Å². The maximum atomic E-state index is 8.52. The Bertz CT molecular complexity index is 31.8. The predicted octanol–water partition coefficient (Wildman–Crippen LogP) is -1.75. The third-order valence-electron chi connectivity index (χ3n) is 0. The van der Waals surface area contributed by atoms with E-state index in [1.165, 1.54) is 0 Å². The van der Waals surface area contributed by atoms with E-state index in [-0.39, 0.29) is 12.3 Å². The molecule has 0 aliphatic heterocycles. The topological polar surface area (TPSA) is 136 Å². The van der Waals surface area contributed by atoms with Crippen LogP contribution in [0.2, 0.25) is 0 Å². The van der Waals surface area contributed by atoms with Crippen molar-refractivity contribution >= 4 is 0 Å². The summed E-state index contributed by atoms with van der Waals surface area (Å²) in [5.41, 5.74) is 0. The van der Waals surface area contributed by atoms with Crippen LogP contribution in [-0.4, -0.2) is 0 Å². The molecule has 0 atom stereocenters. The van der Waals surface area contributed by atoms with Gasteiger partial charge in [-0.3, -0.25) is 0 Å². The van der Waals surface area contributed by atoms with Crippen molar-refractivity contribution in [2.24, 2.45) is 0 Å². The van der Waals surface area contributed by atoms with Gasteiger partial charge >= 0.3 is 26.7 Å². The average Bonchev–Trinajstić information content (AvgIpc) is 0.811. The van der Waals surface area contributed by atoms with Gasteiger partial charge in [0, 0.05) is 0 Å². The van der Waals surface area contributed by atoms with E-state index < -0.39 is 14.5 Å². The van der Waals surface area contributed by atoms with Gasteiger partial charge in [-0.2, -0.15) is 0 Å². The molecule has 6 heavy (non-hydrogen) atoms. The molecule has 8 N–H and O–H groups in total. The van der Waals surface area contributed by atoms with Gasteiger partial charge in [-0.1, -0.05) is 0 Å². The van der Waals surface area contributed by atoms with Crippen LogP contribution in [-0.2, 0) is 18.3 Å². The van der Waals surface area contributed by atoms with Crippen molar-refractivity contribution in [1.29, 1.82) is 0 Å². The summed E-state index contributed by atoms with van der Waals surface area (Å²) in [4.78, 5) is 0. The maximum absolute atomic E-state index is 8.52. The summed E-state index contributed by atoms with van der Waals surface area (Å²) in [6.07, 6.45) is 0. The van der Waals surface area contributed by atoms with Crippen LogP contribution in [0.15, 0.2) is 0 Å². The quantitative estimate of drug-likeness (QED) is 0.385. The van der Waals surface area contributed by atoms with Crippen LogP contribution in [0.4, 0.5) is 0 Å². The molecule has 0 spiro atoms. The molecule has 0 saturated heterocycles. The molecular formula is H8MnN2O3. The van der Waals surface area contributed by atoms with E-state index in [0.29, 0.717) is 0 Å². The zero-order valence-corrected chi connectivity index (χ0v) is 4.78. The Labute approximate surface area is 39.9 Å². The molecule has 0 bridgehead atoms. The molecule has 0 radical (unpaired) electrons. The third-order valence-corrected chi connectivity index (χ3v) is 0. The average molecular weight is 139 g/mol. The number of hydrogen-bond donors (Lipinski definition) is 2. The summed E-state index contributed by atoms with van der Waals surface area (Å²) >= 11 is -3.65. The molecular weight excluding hydrogens is 131 g/mol. The van der Waals surface area contributed by atoms with Crippen LogP contribution >= 0.6 is 0 Å². The van der Waals surface area contributed by atoms with Gasteiger partial charge in [-0.15, -0.1) is 0 Å². The van der Waals surface area contributed by atoms with Gasteiger partial charge in [0.25, 0.3) is 0 Å². The fourth-order valence-corrected chi connectivity index (χ4v) is 0. The minimum absolute atomic E-state index is 0. The molecule has 6 heteroatoms. The van der Waals surface area contributed by atoms with Gasteiger partial charge in [0.2, 0.25) is 0 Å². The Kier molecular flexibility index (Phi) is 24.5. The normalized spacial score (nSPS) is 5.83. The second-order valence-corrected chi connectivity index (χ2v) is 0.779. The zero-order chi connectivity index (χ0) is 3.58. The van der Waals surface area contributed by atoms with E-state index in [4.69, 9.17) is 12.2 Å². The number of quaternary nitrogens is 2. The molecule has 0 heterocycles. The van der Waals surface area contributed by atoms with Crippen LogP contribution in [0, 0.1) is 0 Å². The first-order chi connectivity index (χ1) is 1.73. The molecule has 0 aromatic heterocycles. The second-order valence-electron chi connectivity index (χ2n) is 0.189. The molecule has 0 saturated carbocycles. The minimum atomic E-state index is -3.65. The van der Waals surface area contributed by atoms with E-state index in [0.717, 1.165) is 0 Å². The van der Waals surface area contributed by atoms with Gasteiger partial charge in [-0.25, -0.2) is 0 Å². The summed E-state index contributed by atoms with van der Waals surface area (Å²) in [7, 11) is 0. The van der Waals surface area contributed by atoms with Crippen LogP contribution in [0.1, 0.15) is 0 Å². The Morgan fingerprint density at radius 1 is 1.17 bits per heavy atom. The first-order valence-corrected chi connectivity index (χ1v) is 1.91. The summed E-state index contributed by atoms with van der Waals surface area (Å²) in [6.45, 7) is 0. The Balaban J connectivity index is -0.0000000450. The monoisotopic (exact) mass is 139 g/mol. The predicted molar refractivity (Wildman–Crippen MR) is 12.7 cm³/mol. The second kappa shape index (κ2) is 8.94. The van der Waals surface area contributed by atoms with Gasteiger partial charge in [0.15, 0.2) is 0 Å². The number of rotatable bonds is 0. The van der Waals surface area contributed by atoms with Crippen molar-refractivity contribution in [1.82, 2.24) is 12.3 Å². The fourth-order valence-electron chi connectivity index (χ4n) is 0. The van der Waals surface area contributed by atoms with E-state index >= 15 is 0 Å². The molecule has 0 aliphatic carbocycles. The first-order valence-electron chi connectivity index (χ1n) is 0.463. The van der Waals surface area contributed by atoms with Crippen LogP contribution < -0.4 is 20.7 Å². The Morgan fingerprint density at radius 3 is 1.17 bits per heavy atom. The molecule has 0 aromatic carbocycles. The molecule has 0 fully saturated rings. The van der Waals surface area contributed by atoms with Crippen molar-refractivity contribution < 1.29 is 26.7 Å². The summed E-state index contributed by atoms with van der Waals surface area (Å²) in [6, 6.07) is 0. The van der Waals surface area contributed by atoms with Gasteiger partial charge in [0.05, 0.1) is 0 Å². The summed E-state index contributed by atoms with van der Waals surface area (Å²) in [5, 5.41) is 0. The van der Waals surface area contributed by atoms with Crippen molar-refractivity contribution in [2.45, 2.75) is 0 Å². The van der Waals surface area contributed by atoms with E-state index in [2.05, 4.69) is 0 Å². The van der Waals surface area contributed by atoms with Gasteiger partial charge < -0.3 is 12.3 Å². The van der Waals surface area contributed by atoms with Crippen molar-refractivity contribution in [2.75, 3.05) is 0 Å². The standard InChI is InChI=1S/Mn.2H3N.3O/h;2*1H3;;;/q;;;;2*-1/p+2. The summed E-state index contributed by atoms with van der Waals surface area (Å²) < 4.78 is 25.6. The molecule has 0 amide bonds. The number of hydrogen-bond acceptors (Lipinski definition) is 3.